The average Bonchev–Trinajstić information content (AvgIpc) is 2.83. The van der Waals surface area contributed by atoms with Gasteiger partial charge in [0, 0.05) is 18.9 Å². The van der Waals surface area contributed by atoms with Gasteiger partial charge in [-0.2, -0.15) is 5.10 Å². The minimum atomic E-state index is 0.355. The number of aliphatic imine (C=N–C) groups is 1. The van der Waals surface area contributed by atoms with Crippen molar-refractivity contribution >= 4 is 23.2 Å². The molecule has 2 rings (SSSR count). The zero-order valence-electron chi connectivity index (χ0n) is 13.2. The van der Waals surface area contributed by atoms with Crippen LogP contribution in [0.2, 0.25) is 5.02 Å². The number of aryl methyl sites for hydroxylation is 3. The molecule has 0 bridgehead atoms. The highest BCUT2D eigenvalue weighted by atomic mass is 35.5. The van der Waals surface area contributed by atoms with Crippen LogP contribution < -0.4 is 11.1 Å². The highest BCUT2D eigenvalue weighted by Crippen LogP contribution is 2.22. The Morgan fingerprint density at radius 1 is 1.32 bits per heavy atom. The molecule has 0 aliphatic carbocycles. The van der Waals surface area contributed by atoms with Crippen molar-refractivity contribution in [1.82, 2.24) is 9.78 Å². The lowest BCUT2D eigenvalue weighted by Crippen LogP contribution is -2.24. The summed E-state index contributed by atoms with van der Waals surface area (Å²) in [5.41, 5.74) is 10.3. The molecule has 6 heteroatoms. The van der Waals surface area contributed by atoms with Gasteiger partial charge in [-0.05, 0) is 24.0 Å². The summed E-state index contributed by atoms with van der Waals surface area (Å²) in [6.07, 6.45) is 3.63. The van der Waals surface area contributed by atoms with Gasteiger partial charge < -0.3 is 11.1 Å². The van der Waals surface area contributed by atoms with Crippen LogP contribution in [0, 0.1) is 0 Å². The molecular weight excluding hydrogens is 298 g/mol. The van der Waals surface area contributed by atoms with E-state index in [0.717, 1.165) is 18.5 Å². The third-order valence-electron chi connectivity index (χ3n) is 3.51. The molecular formula is C16H22ClN5. The normalized spacial score (nSPS) is 11.7. The van der Waals surface area contributed by atoms with Gasteiger partial charge in [-0.1, -0.05) is 43.6 Å². The van der Waals surface area contributed by atoms with Crippen molar-refractivity contribution in [2.45, 2.75) is 33.2 Å². The van der Waals surface area contributed by atoms with Crippen LogP contribution in [0.4, 0.5) is 5.69 Å². The molecule has 22 heavy (non-hydrogen) atoms. The van der Waals surface area contributed by atoms with Gasteiger partial charge in [0.25, 0.3) is 0 Å². The molecule has 0 radical (unpaired) electrons. The number of nitrogens with one attached hydrogen (secondary N) is 1. The van der Waals surface area contributed by atoms with E-state index in [1.807, 2.05) is 7.05 Å². The molecule has 118 valence electrons. The molecule has 5 nitrogen and oxygen atoms in total. The number of nitrogens with zero attached hydrogens (tertiary/aromatic N) is 3. The number of aromatic nitrogens is 2. The molecule has 0 saturated heterocycles. The van der Waals surface area contributed by atoms with E-state index in [1.54, 1.807) is 10.9 Å². The van der Waals surface area contributed by atoms with Crippen molar-refractivity contribution in [2.75, 3.05) is 5.32 Å². The van der Waals surface area contributed by atoms with E-state index in [4.69, 9.17) is 17.3 Å². The molecule has 0 atom stereocenters. The van der Waals surface area contributed by atoms with E-state index < -0.39 is 0 Å². The number of para-hydroxylation sites is 1. The molecule has 0 fully saturated rings. The average molecular weight is 320 g/mol. The van der Waals surface area contributed by atoms with Gasteiger partial charge in [-0.25, -0.2) is 4.99 Å². The maximum absolute atomic E-state index is 6.07. The molecule has 0 amide bonds. The Labute approximate surface area is 136 Å². The monoisotopic (exact) mass is 319 g/mol. The second-order valence-corrected chi connectivity index (χ2v) is 5.49. The summed E-state index contributed by atoms with van der Waals surface area (Å²) in [7, 11) is 1.83. The third kappa shape index (κ3) is 3.80. The molecule has 3 N–H and O–H groups in total. The van der Waals surface area contributed by atoms with Crippen molar-refractivity contribution in [3.63, 3.8) is 0 Å². The minimum Gasteiger partial charge on any atom is -0.370 e. The zero-order chi connectivity index (χ0) is 16.1. The molecule has 1 aromatic carbocycles. The summed E-state index contributed by atoms with van der Waals surface area (Å²) >= 11 is 6.07. The smallest absolute Gasteiger partial charge is 0.193 e. The van der Waals surface area contributed by atoms with Crippen LogP contribution >= 0.6 is 11.6 Å². The minimum absolute atomic E-state index is 0.355. The topological polar surface area (TPSA) is 68.2 Å². The van der Waals surface area contributed by atoms with Crippen LogP contribution in [-0.4, -0.2) is 15.7 Å². The van der Waals surface area contributed by atoms with E-state index in [9.17, 15) is 0 Å². The first-order valence-corrected chi connectivity index (χ1v) is 7.78. The van der Waals surface area contributed by atoms with Crippen LogP contribution in [0.1, 0.15) is 30.7 Å². The largest absolute Gasteiger partial charge is 0.370 e. The SMILES string of the molecule is CCc1cccc(CC)c1NC(N)=NCc1nn(C)cc1Cl. The molecule has 0 spiro atoms. The van der Waals surface area contributed by atoms with Gasteiger partial charge in [0.05, 0.1) is 11.6 Å². The standard InChI is InChI=1S/C16H22ClN5/c1-4-11-7-6-8-12(5-2)15(11)20-16(18)19-9-14-13(17)10-22(3)21-14/h6-8,10H,4-5,9H2,1-3H3,(H3,18,19,20). The molecule has 0 aliphatic heterocycles. The van der Waals surface area contributed by atoms with E-state index in [1.165, 1.54) is 11.1 Å². The number of hydrogen-bond donors (Lipinski definition) is 2. The van der Waals surface area contributed by atoms with Crippen LogP contribution in [0.25, 0.3) is 0 Å². The van der Waals surface area contributed by atoms with Gasteiger partial charge >= 0.3 is 0 Å². The first-order chi connectivity index (χ1) is 10.5. The van der Waals surface area contributed by atoms with Crippen molar-refractivity contribution < 1.29 is 0 Å². The van der Waals surface area contributed by atoms with Crippen LogP contribution in [0.5, 0.6) is 0 Å². The zero-order valence-corrected chi connectivity index (χ0v) is 14.0. The van der Waals surface area contributed by atoms with Crippen LogP contribution in [0.3, 0.4) is 0 Å². The second kappa shape index (κ2) is 7.31. The fraction of sp³-hybridized carbons (Fsp3) is 0.375. The fourth-order valence-electron chi connectivity index (χ4n) is 2.34. The quantitative estimate of drug-likeness (QED) is 0.657. The van der Waals surface area contributed by atoms with E-state index in [-0.39, 0.29) is 0 Å². The van der Waals surface area contributed by atoms with Gasteiger partial charge in [-0.15, -0.1) is 0 Å². The van der Waals surface area contributed by atoms with Crippen molar-refractivity contribution in [3.05, 3.63) is 46.2 Å². The molecule has 1 aromatic heterocycles. The predicted molar refractivity (Wildman–Crippen MR) is 92.4 cm³/mol. The van der Waals surface area contributed by atoms with E-state index >= 15 is 0 Å². The Morgan fingerprint density at radius 2 is 1.95 bits per heavy atom. The third-order valence-corrected chi connectivity index (χ3v) is 3.82. The summed E-state index contributed by atoms with van der Waals surface area (Å²) in [4.78, 5) is 4.34. The fourth-order valence-corrected chi connectivity index (χ4v) is 2.58. The van der Waals surface area contributed by atoms with E-state index in [0.29, 0.717) is 23.2 Å². The molecule has 2 aromatic rings. The number of halogens is 1. The van der Waals surface area contributed by atoms with Crippen molar-refractivity contribution in [3.8, 4) is 0 Å². The van der Waals surface area contributed by atoms with Crippen molar-refractivity contribution in [1.29, 1.82) is 0 Å². The first kappa shape index (κ1) is 16.4. The van der Waals surface area contributed by atoms with Gasteiger partial charge in [0.15, 0.2) is 5.96 Å². The number of hydrogen-bond acceptors (Lipinski definition) is 2. The van der Waals surface area contributed by atoms with Crippen LogP contribution in [-0.2, 0) is 26.4 Å². The molecule has 0 saturated carbocycles. The summed E-state index contributed by atoms with van der Waals surface area (Å²) in [5, 5.41) is 8.08. The highest BCUT2D eigenvalue weighted by molar-refractivity contribution is 6.31. The van der Waals surface area contributed by atoms with Gasteiger partial charge in [-0.3, -0.25) is 4.68 Å². The second-order valence-electron chi connectivity index (χ2n) is 5.08. The Balaban J connectivity index is 2.16. The number of nitrogens with two attached hydrogens (primary N) is 1. The molecule has 0 unspecified atom stereocenters. The van der Waals surface area contributed by atoms with Crippen LogP contribution in [0.15, 0.2) is 29.4 Å². The summed E-state index contributed by atoms with van der Waals surface area (Å²) in [6.45, 7) is 4.61. The maximum atomic E-state index is 6.07. The lowest BCUT2D eigenvalue weighted by molar-refractivity contribution is 0.743. The Bertz CT molecular complexity index is 653. The Hall–Kier alpha value is -2.01. The molecule has 0 aliphatic rings. The highest BCUT2D eigenvalue weighted by Gasteiger charge is 2.08. The Kier molecular flexibility index (Phi) is 5.44. The van der Waals surface area contributed by atoms with Crippen molar-refractivity contribution in [2.24, 2.45) is 17.8 Å². The summed E-state index contributed by atoms with van der Waals surface area (Å²) in [5.74, 6) is 0.373. The lowest BCUT2D eigenvalue weighted by atomic mass is 10.0. The maximum Gasteiger partial charge on any atom is 0.193 e. The predicted octanol–water partition coefficient (Wildman–Crippen LogP) is 3.13. The number of anilines is 1. The first-order valence-electron chi connectivity index (χ1n) is 7.40. The summed E-state index contributed by atoms with van der Waals surface area (Å²) in [6, 6.07) is 6.28. The van der Waals surface area contributed by atoms with Gasteiger partial charge in [0.1, 0.15) is 5.69 Å². The number of guanidine groups is 1. The molecule has 1 heterocycles. The number of rotatable bonds is 5. The summed E-state index contributed by atoms with van der Waals surface area (Å²) < 4.78 is 1.67. The number of benzene rings is 1. The van der Waals surface area contributed by atoms with Gasteiger partial charge in [0.2, 0.25) is 0 Å². The van der Waals surface area contributed by atoms with E-state index in [2.05, 4.69) is 47.5 Å². The Morgan fingerprint density at radius 3 is 2.45 bits per heavy atom. The lowest BCUT2D eigenvalue weighted by Gasteiger charge is -2.14.